The zero-order chi connectivity index (χ0) is 13.3. The molecule has 4 nitrogen and oxygen atoms in total. The normalized spacial score (nSPS) is 23.8. The Bertz CT molecular complexity index is 500. The van der Waals surface area contributed by atoms with Crippen molar-refractivity contribution in [3.63, 3.8) is 0 Å². The summed E-state index contributed by atoms with van der Waals surface area (Å²) in [5.74, 6) is -0.499. The topological polar surface area (TPSA) is 63.4 Å². The van der Waals surface area contributed by atoms with Crippen LogP contribution in [0.5, 0.6) is 0 Å². The van der Waals surface area contributed by atoms with E-state index in [9.17, 15) is 9.59 Å². The summed E-state index contributed by atoms with van der Waals surface area (Å²) in [6.45, 7) is 1.94. The van der Waals surface area contributed by atoms with Crippen molar-refractivity contribution in [2.75, 3.05) is 6.54 Å². The second-order valence-electron chi connectivity index (χ2n) is 4.82. The maximum absolute atomic E-state index is 11.9. The van der Waals surface area contributed by atoms with Crippen molar-refractivity contribution < 1.29 is 9.59 Å². The number of benzene rings is 1. The van der Waals surface area contributed by atoms with E-state index >= 15 is 0 Å². The highest BCUT2D eigenvalue weighted by Gasteiger charge is 2.44. The Morgan fingerprint density at radius 2 is 2.17 bits per heavy atom. The molecule has 1 aromatic carbocycles. The Morgan fingerprint density at radius 3 is 2.72 bits per heavy atom. The van der Waals surface area contributed by atoms with Crippen LogP contribution < -0.4 is 5.73 Å². The molecular formula is C13H15ClN2O2. The molecule has 0 aliphatic carbocycles. The van der Waals surface area contributed by atoms with Crippen molar-refractivity contribution in [3.05, 3.63) is 34.9 Å². The van der Waals surface area contributed by atoms with Gasteiger partial charge in [0.1, 0.15) is 5.54 Å². The fourth-order valence-corrected chi connectivity index (χ4v) is 2.28. The van der Waals surface area contributed by atoms with Crippen molar-refractivity contribution in [3.8, 4) is 0 Å². The molecule has 1 unspecified atom stereocenters. The first kappa shape index (κ1) is 13.1. The molecule has 5 heteroatoms. The van der Waals surface area contributed by atoms with E-state index in [1.165, 1.54) is 4.90 Å². The number of rotatable bonds is 3. The lowest BCUT2D eigenvalue weighted by Gasteiger charge is -2.17. The number of imide groups is 1. The van der Waals surface area contributed by atoms with E-state index in [0.717, 1.165) is 5.56 Å². The summed E-state index contributed by atoms with van der Waals surface area (Å²) in [5, 5.41) is 0.648. The van der Waals surface area contributed by atoms with Gasteiger partial charge in [0.25, 0.3) is 0 Å². The number of hydrogen-bond donors (Lipinski definition) is 1. The number of carbonyl (C=O) groups is 2. The number of carbonyl (C=O) groups excluding carboxylic acids is 2. The molecule has 18 heavy (non-hydrogen) atoms. The van der Waals surface area contributed by atoms with Crippen molar-refractivity contribution in [2.45, 2.75) is 25.3 Å². The van der Waals surface area contributed by atoms with Crippen LogP contribution in [0.4, 0.5) is 0 Å². The Morgan fingerprint density at radius 1 is 1.44 bits per heavy atom. The second kappa shape index (κ2) is 4.71. The largest absolute Gasteiger partial charge is 0.317 e. The van der Waals surface area contributed by atoms with E-state index in [0.29, 0.717) is 18.0 Å². The molecule has 1 aromatic rings. The standard InChI is InChI=1S/C13H15ClN2O2/c1-13(15)8-11(17)16(12(13)18)6-5-9-3-2-4-10(14)7-9/h2-4,7H,5-6,8,15H2,1H3. The smallest absolute Gasteiger partial charge is 0.249 e. The van der Waals surface area contributed by atoms with Crippen LogP contribution in [0.2, 0.25) is 5.02 Å². The predicted molar refractivity (Wildman–Crippen MR) is 69.1 cm³/mol. The minimum atomic E-state index is -1.05. The molecule has 0 spiro atoms. The number of likely N-dealkylation sites (tertiary alicyclic amines) is 1. The Kier molecular flexibility index (Phi) is 3.41. The highest BCUT2D eigenvalue weighted by atomic mass is 35.5. The van der Waals surface area contributed by atoms with Gasteiger partial charge in [-0.3, -0.25) is 14.5 Å². The maximum atomic E-state index is 11.9. The van der Waals surface area contributed by atoms with Gasteiger partial charge in [-0.15, -0.1) is 0 Å². The molecule has 0 bridgehead atoms. The molecule has 0 saturated carbocycles. The first-order chi connectivity index (χ1) is 8.40. The third-order valence-electron chi connectivity index (χ3n) is 3.07. The molecule has 2 amide bonds. The van der Waals surface area contributed by atoms with E-state index < -0.39 is 5.54 Å². The van der Waals surface area contributed by atoms with E-state index in [4.69, 9.17) is 17.3 Å². The molecule has 96 valence electrons. The average molecular weight is 267 g/mol. The molecule has 1 atom stereocenters. The summed E-state index contributed by atoms with van der Waals surface area (Å²) in [6, 6.07) is 7.37. The summed E-state index contributed by atoms with van der Waals surface area (Å²) in [5.41, 5.74) is 5.71. The highest BCUT2D eigenvalue weighted by Crippen LogP contribution is 2.21. The number of hydrogen-bond acceptors (Lipinski definition) is 3. The van der Waals surface area contributed by atoms with Gasteiger partial charge in [0, 0.05) is 11.6 Å². The third-order valence-corrected chi connectivity index (χ3v) is 3.30. The lowest BCUT2D eigenvalue weighted by atomic mass is 10.0. The SMILES string of the molecule is CC1(N)CC(=O)N(CCc2cccc(Cl)c2)C1=O. The van der Waals surface area contributed by atoms with Crippen molar-refractivity contribution in [2.24, 2.45) is 5.73 Å². The van der Waals surface area contributed by atoms with E-state index in [2.05, 4.69) is 0 Å². The molecule has 1 heterocycles. The summed E-state index contributed by atoms with van der Waals surface area (Å²) in [6.07, 6.45) is 0.676. The second-order valence-corrected chi connectivity index (χ2v) is 5.26. The molecule has 1 aliphatic heterocycles. The summed E-state index contributed by atoms with van der Waals surface area (Å²) < 4.78 is 0. The molecule has 1 fully saturated rings. The average Bonchev–Trinajstić information content (AvgIpc) is 2.46. The molecule has 2 N–H and O–H groups in total. The summed E-state index contributed by atoms with van der Waals surface area (Å²) in [7, 11) is 0. The van der Waals surface area contributed by atoms with Crippen molar-refractivity contribution >= 4 is 23.4 Å². The molecule has 2 rings (SSSR count). The Labute approximate surface area is 111 Å². The lowest BCUT2D eigenvalue weighted by molar-refractivity contribution is -0.139. The zero-order valence-corrected chi connectivity index (χ0v) is 10.9. The number of halogens is 1. The fraction of sp³-hybridized carbons (Fsp3) is 0.385. The molecular weight excluding hydrogens is 252 g/mol. The minimum absolute atomic E-state index is 0.0847. The first-order valence-corrected chi connectivity index (χ1v) is 6.16. The van der Waals surface area contributed by atoms with E-state index in [-0.39, 0.29) is 18.2 Å². The van der Waals surface area contributed by atoms with Gasteiger partial charge >= 0.3 is 0 Å². The quantitative estimate of drug-likeness (QED) is 0.840. The van der Waals surface area contributed by atoms with Crippen molar-refractivity contribution in [1.29, 1.82) is 0 Å². The van der Waals surface area contributed by atoms with Crippen LogP contribution in [-0.4, -0.2) is 28.8 Å². The number of nitrogens with zero attached hydrogens (tertiary/aromatic N) is 1. The Hall–Kier alpha value is -1.39. The van der Waals surface area contributed by atoms with Gasteiger partial charge in [-0.05, 0) is 31.0 Å². The van der Waals surface area contributed by atoms with Gasteiger partial charge in [0.05, 0.1) is 6.42 Å². The summed E-state index contributed by atoms with van der Waals surface area (Å²) in [4.78, 5) is 24.8. The summed E-state index contributed by atoms with van der Waals surface area (Å²) >= 11 is 5.88. The number of nitrogens with two attached hydrogens (primary N) is 1. The monoisotopic (exact) mass is 266 g/mol. The van der Waals surface area contributed by atoms with Gasteiger partial charge in [-0.25, -0.2) is 0 Å². The van der Waals surface area contributed by atoms with Crippen LogP contribution in [0, 0.1) is 0 Å². The minimum Gasteiger partial charge on any atom is -0.317 e. The predicted octanol–water partition coefficient (Wildman–Crippen LogP) is 1.36. The fourth-order valence-electron chi connectivity index (χ4n) is 2.07. The zero-order valence-electron chi connectivity index (χ0n) is 10.1. The van der Waals surface area contributed by atoms with Crippen LogP contribution in [-0.2, 0) is 16.0 Å². The first-order valence-electron chi connectivity index (χ1n) is 5.78. The number of amides is 2. The molecule has 1 aliphatic rings. The van der Waals surface area contributed by atoms with Crippen LogP contribution in [0.15, 0.2) is 24.3 Å². The van der Waals surface area contributed by atoms with E-state index in [1.54, 1.807) is 13.0 Å². The Balaban J connectivity index is 2.03. The van der Waals surface area contributed by atoms with Gasteiger partial charge in [0.2, 0.25) is 11.8 Å². The van der Waals surface area contributed by atoms with Crippen LogP contribution >= 0.6 is 11.6 Å². The van der Waals surface area contributed by atoms with Crippen LogP contribution in [0.1, 0.15) is 18.9 Å². The maximum Gasteiger partial charge on any atom is 0.249 e. The lowest BCUT2D eigenvalue weighted by Crippen LogP contribution is -2.45. The van der Waals surface area contributed by atoms with Gasteiger partial charge in [-0.2, -0.15) is 0 Å². The third kappa shape index (κ3) is 2.54. The van der Waals surface area contributed by atoms with Gasteiger partial charge < -0.3 is 5.73 Å². The highest BCUT2D eigenvalue weighted by molar-refractivity contribution is 6.30. The van der Waals surface area contributed by atoms with E-state index in [1.807, 2.05) is 18.2 Å². The van der Waals surface area contributed by atoms with Gasteiger partial charge in [0.15, 0.2) is 0 Å². The molecule has 1 saturated heterocycles. The van der Waals surface area contributed by atoms with Crippen LogP contribution in [0.3, 0.4) is 0 Å². The molecule has 0 aromatic heterocycles. The van der Waals surface area contributed by atoms with Crippen LogP contribution in [0.25, 0.3) is 0 Å². The van der Waals surface area contributed by atoms with Crippen molar-refractivity contribution in [1.82, 2.24) is 4.90 Å². The van der Waals surface area contributed by atoms with Gasteiger partial charge in [-0.1, -0.05) is 23.7 Å². The molecule has 0 radical (unpaired) electrons.